The molecule has 1 aliphatic rings. The van der Waals surface area contributed by atoms with Crippen LogP contribution in [0, 0.1) is 5.92 Å². The van der Waals surface area contributed by atoms with Gasteiger partial charge in [0, 0.05) is 19.0 Å². The normalized spacial score (nSPS) is 15.6. The van der Waals surface area contributed by atoms with E-state index in [1.54, 1.807) is 24.3 Å². The zero-order valence-corrected chi connectivity index (χ0v) is 12.1. The summed E-state index contributed by atoms with van der Waals surface area (Å²) in [5, 5.41) is 2.85. The molecule has 6 nitrogen and oxygen atoms in total. The van der Waals surface area contributed by atoms with Crippen LogP contribution in [-0.2, 0) is 14.4 Å². The van der Waals surface area contributed by atoms with Crippen molar-refractivity contribution in [3.63, 3.8) is 0 Å². The Morgan fingerprint density at radius 3 is 2.38 bits per heavy atom. The van der Waals surface area contributed by atoms with Gasteiger partial charge in [-0.2, -0.15) is 0 Å². The minimum Gasteiger partial charge on any atom is -0.369 e. The maximum atomic E-state index is 12.0. The monoisotopic (exact) mass is 309 g/mol. The standard InChI is InChI=1S/C14H16ClN3O3/c15-10-3-1-2-4-11(10)17-13(20)14(21)18-7-5-9(6-8-18)12(16)19/h1-4,9H,5-8H2,(H2,16,19)(H,17,20). The molecule has 1 heterocycles. The number of anilines is 1. The van der Waals surface area contributed by atoms with Crippen molar-refractivity contribution in [2.75, 3.05) is 18.4 Å². The van der Waals surface area contributed by atoms with E-state index in [0.717, 1.165) is 0 Å². The molecule has 0 saturated carbocycles. The number of nitrogens with one attached hydrogen (secondary N) is 1. The number of amides is 3. The van der Waals surface area contributed by atoms with Crippen LogP contribution in [-0.4, -0.2) is 35.7 Å². The number of carbonyl (C=O) groups excluding carboxylic acids is 3. The van der Waals surface area contributed by atoms with Gasteiger partial charge in [-0.25, -0.2) is 0 Å². The van der Waals surface area contributed by atoms with Crippen LogP contribution >= 0.6 is 11.6 Å². The second-order valence-corrected chi connectivity index (χ2v) is 5.31. The number of carbonyl (C=O) groups is 3. The Balaban J connectivity index is 1.93. The van der Waals surface area contributed by atoms with Crippen molar-refractivity contribution in [2.45, 2.75) is 12.8 Å². The number of hydrogen-bond donors (Lipinski definition) is 2. The molecular weight excluding hydrogens is 294 g/mol. The van der Waals surface area contributed by atoms with Crippen LogP contribution in [0.4, 0.5) is 5.69 Å². The van der Waals surface area contributed by atoms with Gasteiger partial charge in [0.2, 0.25) is 5.91 Å². The molecule has 112 valence electrons. The quantitative estimate of drug-likeness (QED) is 0.798. The molecule has 2 rings (SSSR count). The molecule has 0 unspecified atom stereocenters. The zero-order chi connectivity index (χ0) is 15.4. The van der Waals surface area contributed by atoms with E-state index >= 15 is 0 Å². The van der Waals surface area contributed by atoms with E-state index in [9.17, 15) is 14.4 Å². The van der Waals surface area contributed by atoms with Crippen molar-refractivity contribution in [2.24, 2.45) is 11.7 Å². The third kappa shape index (κ3) is 3.72. The lowest BCUT2D eigenvalue weighted by Crippen LogP contribution is -2.46. The van der Waals surface area contributed by atoms with Gasteiger partial charge in [-0.05, 0) is 25.0 Å². The molecule has 1 fully saturated rings. The molecule has 7 heteroatoms. The number of benzene rings is 1. The SMILES string of the molecule is NC(=O)C1CCN(C(=O)C(=O)Nc2ccccc2Cl)CC1. The van der Waals surface area contributed by atoms with Gasteiger partial charge in [-0.15, -0.1) is 0 Å². The molecule has 1 aromatic rings. The van der Waals surface area contributed by atoms with E-state index in [2.05, 4.69) is 5.32 Å². The van der Waals surface area contributed by atoms with E-state index in [4.69, 9.17) is 17.3 Å². The fraction of sp³-hybridized carbons (Fsp3) is 0.357. The third-order valence-electron chi connectivity index (χ3n) is 3.50. The highest BCUT2D eigenvalue weighted by Crippen LogP contribution is 2.21. The number of likely N-dealkylation sites (tertiary alicyclic amines) is 1. The minimum absolute atomic E-state index is 0.222. The number of rotatable bonds is 2. The molecule has 0 aliphatic carbocycles. The van der Waals surface area contributed by atoms with Crippen molar-refractivity contribution >= 4 is 35.0 Å². The van der Waals surface area contributed by atoms with Gasteiger partial charge >= 0.3 is 11.8 Å². The van der Waals surface area contributed by atoms with Crippen LogP contribution < -0.4 is 11.1 Å². The van der Waals surface area contributed by atoms with Crippen molar-refractivity contribution < 1.29 is 14.4 Å². The lowest BCUT2D eigenvalue weighted by atomic mass is 9.96. The Morgan fingerprint density at radius 1 is 1.19 bits per heavy atom. The summed E-state index contributed by atoms with van der Waals surface area (Å²) in [6, 6.07) is 6.69. The van der Waals surface area contributed by atoms with E-state index < -0.39 is 11.8 Å². The van der Waals surface area contributed by atoms with E-state index in [1.165, 1.54) is 4.90 Å². The predicted molar refractivity (Wildman–Crippen MR) is 78.6 cm³/mol. The Morgan fingerprint density at radius 2 is 1.81 bits per heavy atom. The highest BCUT2D eigenvalue weighted by molar-refractivity contribution is 6.41. The summed E-state index contributed by atoms with van der Waals surface area (Å²) in [4.78, 5) is 36.5. The number of nitrogens with zero attached hydrogens (tertiary/aromatic N) is 1. The highest BCUT2D eigenvalue weighted by Gasteiger charge is 2.29. The lowest BCUT2D eigenvalue weighted by molar-refractivity contribution is -0.144. The van der Waals surface area contributed by atoms with Gasteiger partial charge in [0.05, 0.1) is 10.7 Å². The first-order valence-electron chi connectivity index (χ1n) is 6.63. The van der Waals surface area contributed by atoms with Crippen molar-refractivity contribution in [1.82, 2.24) is 4.90 Å². The molecule has 0 spiro atoms. The van der Waals surface area contributed by atoms with E-state index in [0.29, 0.717) is 36.6 Å². The van der Waals surface area contributed by atoms with Crippen LogP contribution in [0.1, 0.15) is 12.8 Å². The number of hydrogen-bond acceptors (Lipinski definition) is 3. The number of nitrogens with two attached hydrogens (primary N) is 1. The Kier molecular flexibility index (Phi) is 4.80. The number of para-hydroxylation sites is 1. The van der Waals surface area contributed by atoms with Gasteiger partial charge in [-0.3, -0.25) is 14.4 Å². The van der Waals surface area contributed by atoms with Gasteiger partial charge in [-0.1, -0.05) is 23.7 Å². The Labute approximate surface area is 127 Å². The topological polar surface area (TPSA) is 92.5 Å². The Bertz CT molecular complexity index is 568. The van der Waals surface area contributed by atoms with Crippen molar-refractivity contribution in [3.05, 3.63) is 29.3 Å². The smallest absolute Gasteiger partial charge is 0.313 e. The number of halogens is 1. The highest BCUT2D eigenvalue weighted by atomic mass is 35.5. The van der Waals surface area contributed by atoms with Crippen LogP contribution in [0.15, 0.2) is 24.3 Å². The van der Waals surface area contributed by atoms with Gasteiger partial charge in [0.15, 0.2) is 0 Å². The van der Waals surface area contributed by atoms with Crippen molar-refractivity contribution in [3.8, 4) is 0 Å². The molecular formula is C14H16ClN3O3. The molecule has 0 aromatic heterocycles. The summed E-state index contributed by atoms with van der Waals surface area (Å²) in [5.74, 6) is -1.94. The fourth-order valence-corrected chi connectivity index (χ4v) is 2.43. The minimum atomic E-state index is -0.736. The molecule has 21 heavy (non-hydrogen) atoms. The van der Waals surface area contributed by atoms with Crippen LogP contribution in [0.25, 0.3) is 0 Å². The van der Waals surface area contributed by atoms with Gasteiger partial charge in [0.25, 0.3) is 0 Å². The molecule has 3 amide bonds. The first kappa shape index (κ1) is 15.3. The first-order chi connectivity index (χ1) is 9.99. The van der Waals surface area contributed by atoms with Crippen molar-refractivity contribution in [1.29, 1.82) is 0 Å². The molecule has 1 aromatic carbocycles. The molecule has 0 bridgehead atoms. The zero-order valence-electron chi connectivity index (χ0n) is 11.3. The molecule has 3 N–H and O–H groups in total. The third-order valence-corrected chi connectivity index (χ3v) is 3.83. The first-order valence-corrected chi connectivity index (χ1v) is 7.01. The number of primary amides is 1. The van der Waals surface area contributed by atoms with E-state index in [-0.39, 0.29) is 11.8 Å². The maximum Gasteiger partial charge on any atom is 0.313 e. The average Bonchev–Trinajstić information content (AvgIpc) is 2.49. The van der Waals surface area contributed by atoms with Crippen LogP contribution in [0.2, 0.25) is 5.02 Å². The summed E-state index contributed by atoms with van der Waals surface area (Å²) in [6.07, 6.45) is 0.973. The molecule has 1 saturated heterocycles. The summed E-state index contributed by atoms with van der Waals surface area (Å²) >= 11 is 5.92. The van der Waals surface area contributed by atoms with Gasteiger partial charge in [0.1, 0.15) is 0 Å². The summed E-state index contributed by atoms with van der Waals surface area (Å²) in [6.45, 7) is 0.699. The van der Waals surface area contributed by atoms with E-state index in [1.807, 2.05) is 0 Å². The second kappa shape index (κ2) is 6.58. The molecule has 0 atom stereocenters. The second-order valence-electron chi connectivity index (χ2n) is 4.90. The van der Waals surface area contributed by atoms with Gasteiger partial charge < -0.3 is 16.0 Å². The number of piperidine rings is 1. The summed E-state index contributed by atoms with van der Waals surface area (Å²) in [7, 11) is 0. The fourth-order valence-electron chi connectivity index (χ4n) is 2.25. The largest absolute Gasteiger partial charge is 0.369 e. The predicted octanol–water partition coefficient (Wildman–Crippen LogP) is 1.00. The summed E-state index contributed by atoms with van der Waals surface area (Å²) in [5.41, 5.74) is 5.62. The van der Waals surface area contributed by atoms with Crippen LogP contribution in [0.5, 0.6) is 0 Å². The average molecular weight is 310 g/mol. The lowest BCUT2D eigenvalue weighted by Gasteiger charge is -2.29. The Hall–Kier alpha value is -2.08. The maximum absolute atomic E-state index is 12.0. The van der Waals surface area contributed by atoms with Crippen LogP contribution in [0.3, 0.4) is 0 Å². The molecule has 1 aliphatic heterocycles. The summed E-state index contributed by atoms with van der Waals surface area (Å²) < 4.78 is 0. The molecule has 0 radical (unpaired) electrons.